The molecule has 0 atom stereocenters. The predicted octanol–water partition coefficient (Wildman–Crippen LogP) is 1.78. The molecule has 0 spiro atoms. The van der Waals surface area contributed by atoms with E-state index in [0.717, 1.165) is 6.42 Å². The Hall–Kier alpha value is -1.50. The van der Waals surface area contributed by atoms with E-state index in [2.05, 4.69) is 15.4 Å². The van der Waals surface area contributed by atoms with E-state index in [-0.39, 0.29) is 5.41 Å². The molecule has 96 valence electrons. The van der Waals surface area contributed by atoms with Crippen molar-refractivity contribution >= 4 is 11.9 Å². The molecule has 0 rings (SSSR count). The van der Waals surface area contributed by atoms with Crippen LogP contribution < -0.4 is 0 Å². The summed E-state index contributed by atoms with van der Waals surface area (Å²) in [5.74, 6) is 0.701. The number of esters is 2. The van der Waals surface area contributed by atoms with E-state index >= 15 is 0 Å². The van der Waals surface area contributed by atoms with Gasteiger partial charge in [0.1, 0.15) is 0 Å². The van der Waals surface area contributed by atoms with Crippen LogP contribution in [0.25, 0.3) is 0 Å². The monoisotopic (exact) mass is 240 g/mol. The van der Waals surface area contributed by atoms with Gasteiger partial charge in [-0.15, -0.1) is 12.3 Å². The zero-order chi connectivity index (χ0) is 13.5. The summed E-state index contributed by atoms with van der Waals surface area (Å²) in [6.07, 6.45) is 7.17. The Morgan fingerprint density at radius 1 is 1.24 bits per heavy atom. The fourth-order valence-corrected chi connectivity index (χ4v) is 1.44. The largest absolute Gasteiger partial charge is 0.468 e. The third kappa shape index (κ3) is 5.39. The molecule has 0 fully saturated rings. The standard InChI is InChI=1S/C13H20O4/c1-6-13(2,3)9-7-8-10(11(14)16-4)12(15)17-5/h1,10H,7-9H2,2-5H3. The van der Waals surface area contributed by atoms with E-state index in [9.17, 15) is 9.59 Å². The van der Waals surface area contributed by atoms with Crippen molar-refractivity contribution < 1.29 is 19.1 Å². The van der Waals surface area contributed by atoms with Gasteiger partial charge in [0.2, 0.25) is 0 Å². The van der Waals surface area contributed by atoms with Crippen LogP contribution in [0, 0.1) is 23.7 Å². The molecule has 0 aliphatic carbocycles. The van der Waals surface area contributed by atoms with Gasteiger partial charge < -0.3 is 9.47 Å². The number of carbonyl (C=O) groups is 2. The fraction of sp³-hybridized carbons (Fsp3) is 0.692. The summed E-state index contributed by atoms with van der Waals surface area (Å²) in [6, 6.07) is 0. The molecule has 0 heterocycles. The van der Waals surface area contributed by atoms with E-state index in [1.807, 2.05) is 13.8 Å². The summed E-state index contributed by atoms with van der Waals surface area (Å²) in [6.45, 7) is 3.89. The maximum atomic E-state index is 11.4. The minimum absolute atomic E-state index is 0.225. The number of carbonyl (C=O) groups excluding carboxylic acids is 2. The van der Waals surface area contributed by atoms with Crippen LogP contribution >= 0.6 is 0 Å². The van der Waals surface area contributed by atoms with Crippen LogP contribution in [-0.2, 0) is 19.1 Å². The van der Waals surface area contributed by atoms with Crippen LogP contribution in [0.2, 0.25) is 0 Å². The average molecular weight is 240 g/mol. The summed E-state index contributed by atoms with van der Waals surface area (Å²) in [5, 5.41) is 0. The molecule has 17 heavy (non-hydrogen) atoms. The van der Waals surface area contributed by atoms with Gasteiger partial charge in [0.05, 0.1) is 14.2 Å². The second kappa shape index (κ2) is 6.95. The molecule has 0 bridgehead atoms. The normalized spacial score (nSPS) is 10.8. The molecular weight excluding hydrogens is 220 g/mol. The Morgan fingerprint density at radius 3 is 2.06 bits per heavy atom. The zero-order valence-electron chi connectivity index (χ0n) is 10.9. The average Bonchev–Trinajstić information content (AvgIpc) is 2.32. The molecule has 0 amide bonds. The second-order valence-corrected chi connectivity index (χ2v) is 4.52. The number of ether oxygens (including phenoxy) is 2. The quantitative estimate of drug-likeness (QED) is 0.403. The van der Waals surface area contributed by atoms with Crippen molar-refractivity contribution in [2.75, 3.05) is 14.2 Å². The van der Waals surface area contributed by atoms with Gasteiger partial charge in [-0.1, -0.05) is 6.42 Å². The number of hydrogen-bond acceptors (Lipinski definition) is 4. The predicted molar refractivity (Wildman–Crippen MR) is 64.0 cm³/mol. The maximum Gasteiger partial charge on any atom is 0.320 e. The molecule has 0 aromatic heterocycles. The van der Waals surface area contributed by atoms with Gasteiger partial charge in [-0.05, 0) is 26.7 Å². The topological polar surface area (TPSA) is 52.6 Å². The van der Waals surface area contributed by atoms with E-state index < -0.39 is 17.9 Å². The summed E-state index contributed by atoms with van der Waals surface area (Å²) < 4.78 is 9.13. The second-order valence-electron chi connectivity index (χ2n) is 4.52. The summed E-state index contributed by atoms with van der Waals surface area (Å²) in [4.78, 5) is 22.7. The highest BCUT2D eigenvalue weighted by Crippen LogP contribution is 2.24. The molecule has 0 aliphatic rings. The number of methoxy groups -OCH3 is 2. The number of rotatable bonds is 6. The highest BCUT2D eigenvalue weighted by molar-refractivity contribution is 5.94. The van der Waals surface area contributed by atoms with Gasteiger partial charge in [0.25, 0.3) is 0 Å². The van der Waals surface area contributed by atoms with Crippen LogP contribution in [0.1, 0.15) is 33.1 Å². The lowest BCUT2D eigenvalue weighted by molar-refractivity contribution is -0.159. The van der Waals surface area contributed by atoms with Crippen molar-refractivity contribution in [3.05, 3.63) is 0 Å². The molecule has 0 radical (unpaired) electrons. The van der Waals surface area contributed by atoms with Crippen molar-refractivity contribution in [1.29, 1.82) is 0 Å². The molecule has 0 unspecified atom stereocenters. The smallest absolute Gasteiger partial charge is 0.320 e. The third-order valence-electron chi connectivity index (χ3n) is 2.66. The minimum Gasteiger partial charge on any atom is -0.468 e. The van der Waals surface area contributed by atoms with Crippen LogP contribution in [0.15, 0.2) is 0 Å². The van der Waals surface area contributed by atoms with Gasteiger partial charge in [0, 0.05) is 5.41 Å². The van der Waals surface area contributed by atoms with Crippen molar-refractivity contribution in [3.63, 3.8) is 0 Å². The highest BCUT2D eigenvalue weighted by atomic mass is 16.5. The SMILES string of the molecule is C#CC(C)(C)CCCC(C(=O)OC)C(=O)OC. The molecule has 0 N–H and O–H groups in total. The molecule has 0 saturated heterocycles. The molecule has 0 aliphatic heterocycles. The van der Waals surface area contributed by atoms with Gasteiger partial charge in [-0.2, -0.15) is 0 Å². The van der Waals surface area contributed by atoms with Crippen molar-refractivity contribution in [2.45, 2.75) is 33.1 Å². The first-order valence-corrected chi connectivity index (χ1v) is 5.51. The van der Waals surface area contributed by atoms with Crippen molar-refractivity contribution in [3.8, 4) is 12.3 Å². The lowest BCUT2D eigenvalue weighted by atomic mass is 9.86. The Bertz CT molecular complexity index is 296. The molecule has 0 aromatic carbocycles. The first-order chi connectivity index (χ1) is 7.87. The van der Waals surface area contributed by atoms with Crippen LogP contribution in [0.5, 0.6) is 0 Å². The van der Waals surface area contributed by atoms with Crippen LogP contribution in [0.3, 0.4) is 0 Å². The van der Waals surface area contributed by atoms with E-state index in [1.54, 1.807) is 0 Å². The van der Waals surface area contributed by atoms with E-state index in [4.69, 9.17) is 6.42 Å². The van der Waals surface area contributed by atoms with E-state index in [1.165, 1.54) is 14.2 Å². The van der Waals surface area contributed by atoms with Crippen molar-refractivity contribution in [2.24, 2.45) is 11.3 Å². The van der Waals surface area contributed by atoms with E-state index in [0.29, 0.717) is 12.8 Å². The first kappa shape index (κ1) is 15.5. The highest BCUT2D eigenvalue weighted by Gasteiger charge is 2.28. The molecule has 4 heteroatoms. The minimum atomic E-state index is -0.849. The summed E-state index contributed by atoms with van der Waals surface area (Å²) in [5.41, 5.74) is -0.225. The van der Waals surface area contributed by atoms with Gasteiger partial charge in [0.15, 0.2) is 5.92 Å². The lowest BCUT2D eigenvalue weighted by Crippen LogP contribution is -2.26. The molecule has 4 nitrogen and oxygen atoms in total. The van der Waals surface area contributed by atoms with Crippen LogP contribution in [0.4, 0.5) is 0 Å². The number of hydrogen-bond donors (Lipinski definition) is 0. The Balaban J connectivity index is 4.34. The third-order valence-corrected chi connectivity index (χ3v) is 2.66. The molecule has 0 saturated carbocycles. The van der Waals surface area contributed by atoms with Crippen LogP contribution in [-0.4, -0.2) is 26.2 Å². The lowest BCUT2D eigenvalue weighted by Gasteiger charge is -2.18. The van der Waals surface area contributed by atoms with Crippen molar-refractivity contribution in [1.82, 2.24) is 0 Å². The van der Waals surface area contributed by atoms with Gasteiger partial charge in [-0.3, -0.25) is 9.59 Å². The first-order valence-electron chi connectivity index (χ1n) is 5.51. The Morgan fingerprint density at radius 2 is 1.71 bits per heavy atom. The zero-order valence-corrected chi connectivity index (χ0v) is 10.9. The van der Waals surface area contributed by atoms with Gasteiger partial charge in [-0.25, -0.2) is 0 Å². The Kier molecular flexibility index (Phi) is 6.34. The number of terminal acetylenes is 1. The summed E-state index contributed by atoms with van der Waals surface area (Å²) in [7, 11) is 2.51. The van der Waals surface area contributed by atoms with Gasteiger partial charge >= 0.3 is 11.9 Å². The molecule has 0 aromatic rings. The molecular formula is C13H20O4. The maximum absolute atomic E-state index is 11.4. The summed E-state index contributed by atoms with van der Waals surface area (Å²) >= 11 is 0. The Labute approximate surface area is 103 Å². The fourth-order valence-electron chi connectivity index (χ4n) is 1.44.